The molecule has 0 aliphatic heterocycles. The van der Waals surface area contributed by atoms with Crippen molar-refractivity contribution in [3.8, 4) is 0 Å². The Bertz CT molecular complexity index is 379. The van der Waals surface area contributed by atoms with Gasteiger partial charge in [0.1, 0.15) is 0 Å². The molecule has 0 heterocycles. The Hall–Kier alpha value is -1.55. The van der Waals surface area contributed by atoms with E-state index in [1.165, 1.54) is 6.42 Å². The highest BCUT2D eigenvalue weighted by Gasteiger charge is 2.07. The van der Waals surface area contributed by atoms with Gasteiger partial charge in [-0.1, -0.05) is 57.0 Å². The number of rotatable bonds is 8. The van der Waals surface area contributed by atoms with E-state index in [4.69, 9.17) is 4.84 Å². The van der Waals surface area contributed by atoms with Gasteiger partial charge in [-0.2, -0.15) is 0 Å². The maximum absolute atomic E-state index is 11.6. The van der Waals surface area contributed by atoms with Crippen molar-refractivity contribution in [2.45, 2.75) is 52.7 Å². The second-order valence-electron chi connectivity index (χ2n) is 5.58. The third-order valence-electron chi connectivity index (χ3n) is 3.04. The minimum Gasteiger partial charge on any atom is -0.334 e. The fourth-order valence-electron chi connectivity index (χ4n) is 1.92. The van der Waals surface area contributed by atoms with Crippen LogP contribution in [0.25, 0.3) is 0 Å². The third kappa shape index (κ3) is 7.79. The van der Waals surface area contributed by atoms with Gasteiger partial charge < -0.3 is 5.32 Å². The van der Waals surface area contributed by atoms with Gasteiger partial charge in [0.25, 0.3) is 0 Å². The van der Waals surface area contributed by atoms with Gasteiger partial charge in [0.15, 0.2) is 0 Å². The van der Waals surface area contributed by atoms with Gasteiger partial charge in [-0.25, -0.2) is 10.3 Å². The molecule has 0 aliphatic carbocycles. The summed E-state index contributed by atoms with van der Waals surface area (Å²) >= 11 is 0. The van der Waals surface area contributed by atoms with Gasteiger partial charge in [-0.05, 0) is 24.8 Å². The Kier molecular flexibility index (Phi) is 7.73. The number of urea groups is 1. The molecule has 1 rings (SSSR count). The second-order valence-corrected chi connectivity index (χ2v) is 5.58. The van der Waals surface area contributed by atoms with E-state index < -0.39 is 0 Å². The molecule has 0 aromatic heterocycles. The van der Waals surface area contributed by atoms with Crippen molar-refractivity contribution in [1.82, 2.24) is 10.8 Å². The van der Waals surface area contributed by atoms with E-state index in [1.807, 2.05) is 37.3 Å². The first kappa shape index (κ1) is 16.5. The van der Waals surface area contributed by atoms with Crippen LogP contribution in [0.1, 0.15) is 45.6 Å². The number of carbonyl (C=O) groups excluding carboxylic acids is 1. The molecule has 0 bridgehead atoms. The molecule has 4 heteroatoms. The topological polar surface area (TPSA) is 50.4 Å². The molecular weight excluding hydrogens is 252 g/mol. The summed E-state index contributed by atoms with van der Waals surface area (Å²) in [5, 5.41) is 2.86. The lowest BCUT2D eigenvalue weighted by Crippen LogP contribution is -2.40. The largest absolute Gasteiger partial charge is 0.338 e. The zero-order chi connectivity index (χ0) is 14.8. The highest BCUT2D eigenvalue weighted by Crippen LogP contribution is 2.08. The normalized spacial score (nSPS) is 12.2. The number of amides is 2. The van der Waals surface area contributed by atoms with Crippen molar-refractivity contribution in [3.63, 3.8) is 0 Å². The standard InChI is InChI=1S/C16H26N2O2/c1-13(2)8-7-9-14(3)17-16(19)18-20-12-15-10-5-4-6-11-15/h4-6,10-11,13-14H,7-9,12H2,1-3H3,(H2,17,18,19). The Balaban J connectivity index is 2.10. The molecule has 0 radical (unpaired) electrons. The zero-order valence-corrected chi connectivity index (χ0v) is 12.7. The van der Waals surface area contributed by atoms with E-state index in [9.17, 15) is 4.79 Å². The van der Waals surface area contributed by atoms with Crippen LogP contribution in [0.5, 0.6) is 0 Å². The molecule has 0 aliphatic rings. The summed E-state index contributed by atoms with van der Waals surface area (Å²) in [6.07, 6.45) is 3.31. The Morgan fingerprint density at radius 3 is 2.50 bits per heavy atom. The number of hydroxylamine groups is 1. The van der Waals surface area contributed by atoms with Crippen LogP contribution in [-0.2, 0) is 11.4 Å². The average molecular weight is 278 g/mol. The highest BCUT2D eigenvalue weighted by molar-refractivity contribution is 5.72. The number of hydrogen-bond donors (Lipinski definition) is 2. The zero-order valence-electron chi connectivity index (χ0n) is 12.7. The minimum atomic E-state index is -0.280. The molecular formula is C16H26N2O2. The summed E-state index contributed by atoms with van der Waals surface area (Å²) in [6.45, 7) is 6.80. The lowest BCUT2D eigenvalue weighted by Gasteiger charge is -2.15. The monoisotopic (exact) mass is 278 g/mol. The summed E-state index contributed by atoms with van der Waals surface area (Å²) in [6, 6.07) is 9.61. The Morgan fingerprint density at radius 2 is 1.85 bits per heavy atom. The van der Waals surface area contributed by atoms with Crippen LogP contribution in [0.15, 0.2) is 30.3 Å². The molecule has 112 valence electrons. The van der Waals surface area contributed by atoms with Gasteiger partial charge in [0.2, 0.25) is 0 Å². The minimum absolute atomic E-state index is 0.161. The van der Waals surface area contributed by atoms with Crippen molar-refractivity contribution in [2.75, 3.05) is 0 Å². The molecule has 0 saturated carbocycles. The molecule has 20 heavy (non-hydrogen) atoms. The van der Waals surface area contributed by atoms with Crippen LogP contribution < -0.4 is 10.8 Å². The van der Waals surface area contributed by atoms with Crippen LogP contribution in [0, 0.1) is 5.92 Å². The first-order chi connectivity index (χ1) is 9.58. The molecule has 2 N–H and O–H groups in total. The predicted octanol–water partition coefficient (Wildman–Crippen LogP) is 3.63. The van der Waals surface area contributed by atoms with Crippen molar-refractivity contribution in [1.29, 1.82) is 0 Å². The van der Waals surface area contributed by atoms with Crippen LogP contribution in [0.3, 0.4) is 0 Å². The molecule has 1 atom stereocenters. The number of carbonyl (C=O) groups is 1. The first-order valence-electron chi connectivity index (χ1n) is 7.30. The van der Waals surface area contributed by atoms with E-state index in [-0.39, 0.29) is 12.1 Å². The van der Waals surface area contributed by atoms with E-state index >= 15 is 0 Å². The Morgan fingerprint density at radius 1 is 1.15 bits per heavy atom. The first-order valence-corrected chi connectivity index (χ1v) is 7.30. The van der Waals surface area contributed by atoms with Gasteiger partial charge in [-0.3, -0.25) is 4.84 Å². The van der Waals surface area contributed by atoms with E-state index in [0.717, 1.165) is 18.4 Å². The van der Waals surface area contributed by atoms with Crippen molar-refractivity contribution < 1.29 is 9.63 Å². The molecule has 1 aromatic rings. The number of benzene rings is 1. The van der Waals surface area contributed by atoms with Gasteiger partial charge >= 0.3 is 6.03 Å². The molecule has 2 amide bonds. The molecule has 1 aromatic carbocycles. The van der Waals surface area contributed by atoms with Crippen LogP contribution >= 0.6 is 0 Å². The molecule has 0 fully saturated rings. The second kappa shape index (κ2) is 9.37. The smallest absolute Gasteiger partial charge is 0.334 e. The van der Waals surface area contributed by atoms with Crippen LogP contribution in [0.4, 0.5) is 4.79 Å². The van der Waals surface area contributed by atoms with E-state index in [0.29, 0.717) is 12.5 Å². The third-order valence-corrected chi connectivity index (χ3v) is 3.04. The molecule has 4 nitrogen and oxygen atoms in total. The number of nitrogens with one attached hydrogen (secondary N) is 2. The summed E-state index contributed by atoms with van der Waals surface area (Å²) in [7, 11) is 0. The molecule has 1 unspecified atom stereocenters. The summed E-state index contributed by atoms with van der Waals surface area (Å²) < 4.78 is 0. The summed E-state index contributed by atoms with van der Waals surface area (Å²) in [4.78, 5) is 16.8. The summed E-state index contributed by atoms with van der Waals surface area (Å²) in [5.41, 5.74) is 3.44. The van der Waals surface area contributed by atoms with Crippen LogP contribution in [0.2, 0.25) is 0 Å². The van der Waals surface area contributed by atoms with Crippen molar-refractivity contribution >= 4 is 6.03 Å². The van der Waals surface area contributed by atoms with E-state index in [1.54, 1.807) is 0 Å². The summed E-state index contributed by atoms with van der Waals surface area (Å²) in [5.74, 6) is 0.713. The van der Waals surface area contributed by atoms with Crippen molar-refractivity contribution in [3.05, 3.63) is 35.9 Å². The average Bonchev–Trinajstić information content (AvgIpc) is 2.39. The predicted molar refractivity (Wildman–Crippen MR) is 81.0 cm³/mol. The van der Waals surface area contributed by atoms with E-state index in [2.05, 4.69) is 24.6 Å². The van der Waals surface area contributed by atoms with Gasteiger partial charge in [-0.15, -0.1) is 0 Å². The number of hydrogen-bond acceptors (Lipinski definition) is 2. The molecule has 0 spiro atoms. The van der Waals surface area contributed by atoms with Gasteiger partial charge in [0, 0.05) is 6.04 Å². The Labute approximate surface area is 121 Å². The maximum Gasteiger partial charge on any atom is 0.338 e. The highest BCUT2D eigenvalue weighted by atomic mass is 16.7. The van der Waals surface area contributed by atoms with Gasteiger partial charge in [0.05, 0.1) is 6.61 Å². The lowest BCUT2D eigenvalue weighted by molar-refractivity contribution is 0.0482. The fourth-order valence-corrected chi connectivity index (χ4v) is 1.92. The SMILES string of the molecule is CC(C)CCCC(C)NC(=O)NOCc1ccccc1. The fraction of sp³-hybridized carbons (Fsp3) is 0.562. The maximum atomic E-state index is 11.6. The van der Waals surface area contributed by atoms with Crippen LogP contribution in [-0.4, -0.2) is 12.1 Å². The van der Waals surface area contributed by atoms with Crippen molar-refractivity contribution in [2.24, 2.45) is 5.92 Å². The quantitative estimate of drug-likeness (QED) is 0.713. The molecule has 0 saturated heterocycles. The lowest BCUT2D eigenvalue weighted by atomic mass is 10.0.